The van der Waals surface area contributed by atoms with Gasteiger partial charge in [0.15, 0.2) is 10.7 Å². The van der Waals surface area contributed by atoms with Crippen molar-refractivity contribution in [2.24, 2.45) is 5.73 Å². The normalized spacial score (nSPS) is 10.8. The molecule has 0 aliphatic rings. The number of hydrogen-bond donors (Lipinski definition) is 3. The SMILES string of the molecule is NCc1cn2c(=O)c(O)c(C(=O)O)nc2s1. The maximum atomic E-state index is 11.6. The van der Waals surface area contributed by atoms with Crippen molar-refractivity contribution in [1.29, 1.82) is 0 Å². The first-order chi connectivity index (χ1) is 7.54. The van der Waals surface area contributed by atoms with Crippen molar-refractivity contribution in [3.63, 3.8) is 0 Å². The first-order valence-electron chi connectivity index (χ1n) is 4.22. The number of hydrogen-bond acceptors (Lipinski definition) is 6. The molecular weight excluding hydrogens is 234 g/mol. The summed E-state index contributed by atoms with van der Waals surface area (Å²) >= 11 is 1.10. The molecule has 0 aliphatic carbocycles. The number of carbonyl (C=O) groups is 1. The van der Waals surface area contributed by atoms with E-state index in [9.17, 15) is 14.7 Å². The zero-order valence-electron chi connectivity index (χ0n) is 7.88. The lowest BCUT2D eigenvalue weighted by molar-refractivity contribution is 0.0687. The number of carboxylic acids is 1. The van der Waals surface area contributed by atoms with Crippen molar-refractivity contribution in [2.75, 3.05) is 0 Å². The van der Waals surface area contributed by atoms with Crippen LogP contribution in [0.1, 0.15) is 15.4 Å². The Morgan fingerprint density at radius 1 is 1.62 bits per heavy atom. The van der Waals surface area contributed by atoms with E-state index in [0.29, 0.717) is 4.88 Å². The van der Waals surface area contributed by atoms with Gasteiger partial charge in [0.1, 0.15) is 0 Å². The van der Waals surface area contributed by atoms with E-state index in [0.717, 1.165) is 15.7 Å². The number of thiazole rings is 1. The van der Waals surface area contributed by atoms with E-state index in [1.165, 1.54) is 6.20 Å². The van der Waals surface area contributed by atoms with Gasteiger partial charge in [0, 0.05) is 17.6 Å². The van der Waals surface area contributed by atoms with Gasteiger partial charge in [-0.1, -0.05) is 11.3 Å². The largest absolute Gasteiger partial charge is 0.501 e. The molecule has 0 radical (unpaired) electrons. The van der Waals surface area contributed by atoms with Crippen molar-refractivity contribution >= 4 is 22.3 Å². The van der Waals surface area contributed by atoms with Gasteiger partial charge in [-0.15, -0.1) is 0 Å². The molecule has 2 aromatic rings. The Kier molecular flexibility index (Phi) is 2.37. The Labute approximate surface area is 92.4 Å². The Morgan fingerprint density at radius 2 is 2.31 bits per heavy atom. The van der Waals surface area contributed by atoms with E-state index in [2.05, 4.69) is 4.98 Å². The molecule has 0 aliphatic heterocycles. The molecule has 0 saturated heterocycles. The number of fused-ring (bicyclic) bond motifs is 1. The highest BCUT2D eigenvalue weighted by Crippen LogP contribution is 2.17. The molecule has 0 fully saturated rings. The smallest absolute Gasteiger partial charge is 0.358 e. The summed E-state index contributed by atoms with van der Waals surface area (Å²) < 4.78 is 1.08. The topological polar surface area (TPSA) is 118 Å². The number of aromatic hydroxyl groups is 1. The molecule has 0 spiro atoms. The van der Waals surface area contributed by atoms with Crippen LogP contribution in [0.2, 0.25) is 0 Å². The molecular formula is C8H7N3O4S. The van der Waals surface area contributed by atoms with E-state index in [1.54, 1.807) is 0 Å². The third-order valence-corrected chi connectivity index (χ3v) is 2.96. The van der Waals surface area contributed by atoms with Crippen LogP contribution in [0.4, 0.5) is 0 Å². The fraction of sp³-hybridized carbons (Fsp3) is 0.125. The van der Waals surface area contributed by atoms with Crippen LogP contribution in [0.3, 0.4) is 0 Å². The van der Waals surface area contributed by atoms with Crippen molar-refractivity contribution in [3.05, 3.63) is 27.1 Å². The maximum absolute atomic E-state index is 11.6. The van der Waals surface area contributed by atoms with Gasteiger partial charge < -0.3 is 15.9 Å². The fourth-order valence-corrected chi connectivity index (χ4v) is 2.07. The van der Waals surface area contributed by atoms with Crippen molar-refractivity contribution < 1.29 is 15.0 Å². The molecule has 0 amide bonds. The second-order valence-electron chi connectivity index (χ2n) is 2.97. The first kappa shape index (κ1) is 10.6. The summed E-state index contributed by atoms with van der Waals surface area (Å²) in [6, 6.07) is 0. The molecule has 8 heteroatoms. The third kappa shape index (κ3) is 1.44. The lowest BCUT2D eigenvalue weighted by Crippen LogP contribution is -2.17. The number of aromatic nitrogens is 2. The number of nitrogens with zero attached hydrogens (tertiary/aromatic N) is 2. The highest BCUT2D eigenvalue weighted by Gasteiger charge is 2.18. The predicted octanol–water partition coefficient (Wildman–Crippen LogP) is -0.381. The van der Waals surface area contributed by atoms with Crippen LogP contribution in [0, 0.1) is 0 Å². The monoisotopic (exact) mass is 241 g/mol. The number of nitrogens with two attached hydrogens (primary N) is 1. The number of carboxylic acid groups (broad SMARTS) is 1. The van der Waals surface area contributed by atoms with Gasteiger partial charge in [0.25, 0.3) is 0 Å². The van der Waals surface area contributed by atoms with E-state index >= 15 is 0 Å². The number of aromatic carboxylic acids is 1. The molecule has 0 unspecified atom stereocenters. The van der Waals surface area contributed by atoms with Crippen molar-refractivity contribution in [1.82, 2.24) is 9.38 Å². The molecule has 2 rings (SSSR count). The van der Waals surface area contributed by atoms with Crippen LogP contribution in [-0.2, 0) is 6.54 Å². The Hall–Kier alpha value is -1.93. The quantitative estimate of drug-likeness (QED) is 0.659. The second kappa shape index (κ2) is 3.58. The fourth-order valence-electron chi connectivity index (χ4n) is 1.22. The molecule has 84 valence electrons. The minimum Gasteiger partial charge on any atom is -0.501 e. The molecule has 7 nitrogen and oxygen atoms in total. The molecule has 16 heavy (non-hydrogen) atoms. The molecule has 0 atom stereocenters. The maximum Gasteiger partial charge on any atom is 0.358 e. The summed E-state index contributed by atoms with van der Waals surface area (Å²) in [5.74, 6) is -2.31. The zero-order valence-corrected chi connectivity index (χ0v) is 8.69. The first-order valence-corrected chi connectivity index (χ1v) is 5.03. The molecule has 0 saturated carbocycles. The van der Waals surface area contributed by atoms with E-state index in [-0.39, 0.29) is 11.5 Å². The summed E-state index contributed by atoms with van der Waals surface area (Å²) in [5.41, 5.74) is 3.94. The van der Waals surface area contributed by atoms with Crippen LogP contribution in [0.5, 0.6) is 5.75 Å². The summed E-state index contributed by atoms with van der Waals surface area (Å²) in [4.78, 5) is 26.8. The van der Waals surface area contributed by atoms with Gasteiger partial charge in [-0.05, 0) is 0 Å². The average molecular weight is 241 g/mol. The van der Waals surface area contributed by atoms with Gasteiger partial charge in [0.2, 0.25) is 5.75 Å². The van der Waals surface area contributed by atoms with Crippen LogP contribution in [-0.4, -0.2) is 25.6 Å². The van der Waals surface area contributed by atoms with E-state index < -0.39 is 23.0 Å². The Bertz CT molecular complexity index is 630. The van der Waals surface area contributed by atoms with Crippen LogP contribution < -0.4 is 11.3 Å². The Morgan fingerprint density at radius 3 is 2.88 bits per heavy atom. The van der Waals surface area contributed by atoms with Gasteiger partial charge in [-0.3, -0.25) is 9.20 Å². The van der Waals surface area contributed by atoms with Crippen molar-refractivity contribution in [2.45, 2.75) is 6.54 Å². The summed E-state index contributed by atoms with van der Waals surface area (Å²) in [5, 5.41) is 18.1. The number of rotatable bonds is 2. The summed E-state index contributed by atoms with van der Waals surface area (Å²) in [6.45, 7) is 0.219. The Balaban J connectivity index is 2.85. The lowest BCUT2D eigenvalue weighted by atomic mass is 10.4. The molecule has 0 aromatic carbocycles. The van der Waals surface area contributed by atoms with Gasteiger partial charge >= 0.3 is 11.5 Å². The van der Waals surface area contributed by atoms with E-state index in [1.807, 2.05) is 0 Å². The molecule has 2 heterocycles. The highest BCUT2D eigenvalue weighted by molar-refractivity contribution is 7.17. The standard InChI is InChI=1S/C8H7N3O4S/c9-1-3-2-11-6(13)5(12)4(7(14)15)10-8(11)16-3/h2,12H,1,9H2,(H,14,15). The van der Waals surface area contributed by atoms with Gasteiger partial charge in [-0.2, -0.15) is 0 Å². The van der Waals surface area contributed by atoms with Crippen molar-refractivity contribution in [3.8, 4) is 5.75 Å². The van der Waals surface area contributed by atoms with Gasteiger partial charge in [-0.25, -0.2) is 9.78 Å². The summed E-state index contributed by atoms with van der Waals surface area (Å²) in [7, 11) is 0. The molecule has 0 bridgehead atoms. The van der Waals surface area contributed by atoms with Crippen LogP contribution >= 0.6 is 11.3 Å². The highest BCUT2D eigenvalue weighted by atomic mass is 32.1. The minimum absolute atomic E-state index is 0.195. The molecule has 2 aromatic heterocycles. The zero-order chi connectivity index (χ0) is 11.9. The van der Waals surface area contributed by atoms with E-state index in [4.69, 9.17) is 10.8 Å². The second-order valence-corrected chi connectivity index (χ2v) is 4.07. The summed E-state index contributed by atoms with van der Waals surface area (Å²) in [6.07, 6.45) is 1.43. The average Bonchev–Trinajstić information content (AvgIpc) is 2.66. The van der Waals surface area contributed by atoms with Crippen LogP contribution in [0.15, 0.2) is 11.0 Å². The van der Waals surface area contributed by atoms with Gasteiger partial charge in [0.05, 0.1) is 0 Å². The predicted molar refractivity (Wildman–Crippen MR) is 55.9 cm³/mol. The lowest BCUT2D eigenvalue weighted by Gasteiger charge is -1.97. The third-order valence-electron chi connectivity index (χ3n) is 1.96. The van der Waals surface area contributed by atoms with Crippen LogP contribution in [0.25, 0.3) is 4.96 Å². The molecule has 4 N–H and O–H groups in total. The minimum atomic E-state index is -1.44.